The molecule has 1 rings (SSSR count). The predicted octanol–water partition coefficient (Wildman–Crippen LogP) is -0.723. The molecule has 0 aromatic rings. The van der Waals surface area contributed by atoms with Gasteiger partial charge in [0.25, 0.3) is 0 Å². The maximum absolute atomic E-state index is 10.8. The smallest absolute Gasteiger partial charge is 0.211 e. The lowest BCUT2D eigenvalue weighted by Crippen LogP contribution is -2.29. The van der Waals surface area contributed by atoms with Gasteiger partial charge in [-0.3, -0.25) is 0 Å². The van der Waals surface area contributed by atoms with Gasteiger partial charge in [0.2, 0.25) is 10.0 Å². The highest BCUT2D eigenvalue weighted by Gasteiger charge is 2.26. The van der Waals surface area contributed by atoms with Crippen LogP contribution < -0.4 is 0 Å². The van der Waals surface area contributed by atoms with E-state index in [4.69, 9.17) is 4.74 Å². The number of ether oxygens (including phenoxy) is 1. The van der Waals surface area contributed by atoms with Crippen molar-refractivity contribution in [3.63, 3.8) is 0 Å². The van der Waals surface area contributed by atoms with Gasteiger partial charge in [-0.15, -0.1) is 0 Å². The van der Waals surface area contributed by atoms with Crippen LogP contribution in [-0.4, -0.2) is 45.3 Å². The standard InChI is InChI=1S/C5H11NO3S/c1-6(10(2,7)8)3-5-4-9-5/h5H,3-4H2,1-2H3/t5-/m0/s1. The number of sulfonamides is 1. The van der Waals surface area contributed by atoms with Gasteiger partial charge in [-0.25, -0.2) is 12.7 Å². The van der Waals surface area contributed by atoms with E-state index in [0.717, 1.165) is 0 Å². The fourth-order valence-electron chi connectivity index (χ4n) is 0.596. The van der Waals surface area contributed by atoms with Crippen LogP contribution in [0, 0.1) is 0 Å². The second-order valence-corrected chi connectivity index (χ2v) is 4.59. The van der Waals surface area contributed by atoms with Crippen molar-refractivity contribution in [1.29, 1.82) is 0 Å². The predicted molar refractivity (Wildman–Crippen MR) is 37.2 cm³/mol. The summed E-state index contributed by atoms with van der Waals surface area (Å²) in [5.41, 5.74) is 0. The Hall–Kier alpha value is -0.130. The van der Waals surface area contributed by atoms with E-state index in [9.17, 15) is 8.42 Å². The van der Waals surface area contributed by atoms with E-state index in [0.29, 0.717) is 13.2 Å². The van der Waals surface area contributed by atoms with Crippen molar-refractivity contribution in [2.24, 2.45) is 0 Å². The first-order valence-corrected chi connectivity index (χ1v) is 4.88. The van der Waals surface area contributed by atoms with Crippen LogP contribution in [0.15, 0.2) is 0 Å². The largest absolute Gasteiger partial charge is 0.372 e. The van der Waals surface area contributed by atoms with Gasteiger partial charge in [-0.05, 0) is 0 Å². The van der Waals surface area contributed by atoms with Crippen molar-refractivity contribution in [3.05, 3.63) is 0 Å². The molecule has 0 aliphatic carbocycles. The van der Waals surface area contributed by atoms with Gasteiger partial charge >= 0.3 is 0 Å². The van der Waals surface area contributed by atoms with E-state index in [1.807, 2.05) is 0 Å². The summed E-state index contributed by atoms with van der Waals surface area (Å²) < 4.78 is 27.7. The first-order chi connectivity index (χ1) is 4.50. The summed E-state index contributed by atoms with van der Waals surface area (Å²) in [7, 11) is -1.45. The molecule has 5 heteroatoms. The van der Waals surface area contributed by atoms with E-state index in [2.05, 4.69) is 0 Å². The van der Waals surface area contributed by atoms with Crippen molar-refractivity contribution >= 4 is 10.0 Å². The Bertz CT molecular complexity index is 207. The number of epoxide rings is 1. The van der Waals surface area contributed by atoms with Crippen LogP contribution in [-0.2, 0) is 14.8 Å². The molecule has 0 unspecified atom stereocenters. The monoisotopic (exact) mass is 165 g/mol. The molecule has 0 saturated carbocycles. The van der Waals surface area contributed by atoms with Crippen LogP contribution in [0.4, 0.5) is 0 Å². The molecule has 1 aliphatic rings. The molecule has 10 heavy (non-hydrogen) atoms. The van der Waals surface area contributed by atoms with Crippen LogP contribution in [0.2, 0.25) is 0 Å². The molecule has 1 aliphatic heterocycles. The molecule has 0 radical (unpaired) electrons. The van der Waals surface area contributed by atoms with Crippen molar-refractivity contribution in [1.82, 2.24) is 4.31 Å². The van der Waals surface area contributed by atoms with E-state index in [1.165, 1.54) is 10.6 Å². The minimum atomic E-state index is -3.00. The minimum Gasteiger partial charge on any atom is -0.372 e. The van der Waals surface area contributed by atoms with Gasteiger partial charge in [0, 0.05) is 13.6 Å². The molecule has 0 amide bonds. The van der Waals surface area contributed by atoms with Gasteiger partial charge in [-0.2, -0.15) is 0 Å². The molecule has 1 heterocycles. The molecule has 0 spiro atoms. The number of hydrogen-bond donors (Lipinski definition) is 0. The Labute approximate surface area is 60.8 Å². The van der Waals surface area contributed by atoms with E-state index >= 15 is 0 Å². The third-order valence-corrected chi connectivity index (χ3v) is 2.71. The van der Waals surface area contributed by atoms with Crippen molar-refractivity contribution < 1.29 is 13.2 Å². The Balaban J connectivity index is 2.40. The summed E-state index contributed by atoms with van der Waals surface area (Å²) in [4.78, 5) is 0. The number of nitrogens with zero attached hydrogens (tertiary/aromatic N) is 1. The maximum Gasteiger partial charge on any atom is 0.211 e. The van der Waals surface area contributed by atoms with Crippen LogP contribution in [0.1, 0.15) is 0 Å². The molecule has 0 aromatic carbocycles. The summed E-state index contributed by atoms with van der Waals surface area (Å²) in [5.74, 6) is 0. The van der Waals surface area contributed by atoms with Gasteiger partial charge in [-0.1, -0.05) is 0 Å². The fourth-order valence-corrected chi connectivity index (χ4v) is 1.03. The van der Waals surface area contributed by atoms with E-state index in [1.54, 1.807) is 7.05 Å². The average molecular weight is 165 g/mol. The summed E-state index contributed by atoms with van der Waals surface area (Å²) >= 11 is 0. The van der Waals surface area contributed by atoms with Gasteiger partial charge in [0.05, 0.1) is 19.0 Å². The molecule has 4 nitrogen and oxygen atoms in total. The third-order valence-electron chi connectivity index (χ3n) is 1.43. The molecule has 0 bridgehead atoms. The van der Waals surface area contributed by atoms with Crippen LogP contribution >= 0.6 is 0 Å². The van der Waals surface area contributed by atoms with Crippen LogP contribution in [0.3, 0.4) is 0 Å². The highest BCUT2D eigenvalue weighted by Crippen LogP contribution is 2.10. The molecule has 0 N–H and O–H groups in total. The third kappa shape index (κ3) is 2.24. The molecule has 1 atom stereocenters. The topological polar surface area (TPSA) is 49.9 Å². The first kappa shape index (κ1) is 7.97. The summed E-state index contributed by atoms with van der Waals surface area (Å²) in [6, 6.07) is 0. The number of hydrogen-bond acceptors (Lipinski definition) is 3. The van der Waals surface area contributed by atoms with Gasteiger partial charge in [0.15, 0.2) is 0 Å². The minimum absolute atomic E-state index is 0.139. The second kappa shape index (κ2) is 2.48. The molecule has 1 fully saturated rings. The average Bonchev–Trinajstić information content (AvgIpc) is 2.47. The lowest BCUT2D eigenvalue weighted by Gasteiger charge is -2.10. The van der Waals surface area contributed by atoms with Crippen molar-refractivity contribution in [2.75, 3.05) is 26.5 Å². The molecular formula is C5H11NO3S. The molecular weight excluding hydrogens is 154 g/mol. The second-order valence-electron chi connectivity index (χ2n) is 2.50. The fraction of sp³-hybridized carbons (Fsp3) is 1.00. The zero-order valence-corrected chi connectivity index (χ0v) is 6.89. The van der Waals surface area contributed by atoms with Crippen LogP contribution in [0.5, 0.6) is 0 Å². The molecule has 0 aromatic heterocycles. The van der Waals surface area contributed by atoms with Crippen molar-refractivity contribution in [2.45, 2.75) is 6.10 Å². The normalized spacial score (nSPS) is 25.3. The number of likely N-dealkylation sites (N-methyl/N-ethyl adjacent to an activating group) is 1. The Morgan fingerprint density at radius 3 is 2.50 bits per heavy atom. The maximum atomic E-state index is 10.8. The first-order valence-electron chi connectivity index (χ1n) is 3.03. The summed E-state index contributed by atoms with van der Waals surface area (Å²) in [5, 5.41) is 0. The highest BCUT2D eigenvalue weighted by atomic mass is 32.2. The van der Waals surface area contributed by atoms with Gasteiger partial charge < -0.3 is 4.74 Å². The Morgan fingerprint density at radius 1 is 1.70 bits per heavy atom. The van der Waals surface area contributed by atoms with Crippen molar-refractivity contribution in [3.8, 4) is 0 Å². The summed E-state index contributed by atoms with van der Waals surface area (Å²) in [6.07, 6.45) is 1.33. The van der Waals surface area contributed by atoms with Crippen LogP contribution in [0.25, 0.3) is 0 Å². The SMILES string of the molecule is CN(C[C@H]1CO1)S(C)(=O)=O. The zero-order valence-electron chi connectivity index (χ0n) is 6.07. The quantitative estimate of drug-likeness (QED) is 0.518. The number of rotatable bonds is 3. The zero-order chi connectivity index (χ0) is 7.78. The molecule has 60 valence electrons. The Kier molecular flexibility index (Phi) is 1.98. The van der Waals surface area contributed by atoms with Gasteiger partial charge in [0.1, 0.15) is 0 Å². The summed E-state index contributed by atoms with van der Waals surface area (Å²) in [6.45, 7) is 1.18. The van der Waals surface area contributed by atoms with E-state index < -0.39 is 10.0 Å². The Morgan fingerprint density at radius 2 is 2.20 bits per heavy atom. The van der Waals surface area contributed by atoms with E-state index in [-0.39, 0.29) is 6.10 Å². The lowest BCUT2D eigenvalue weighted by molar-refractivity contribution is 0.360. The lowest BCUT2D eigenvalue weighted by atomic mass is 10.5. The molecule has 1 saturated heterocycles. The highest BCUT2D eigenvalue weighted by molar-refractivity contribution is 7.88.